The lowest BCUT2D eigenvalue weighted by atomic mass is 9.12. The lowest BCUT2D eigenvalue weighted by Crippen LogP contribution is -2.81. The minimum absolute atomic E-state index is 0.261. The van der Waals surface area contributed by atoms with Crippen LogP contribution in [0, 0.1) is 116 Å². The fraction of sp³-hybridized carbons (Fsp3) is 0.0476. The summed E-state index contributed by atoms with van der Waals surface area (Å²) in [4.78, 5) is 12.2. The molecule has 0 saturated heterocycles. The van der Waals surface area contributed by atoms with Crippen LogP contribution in [-0.4, -0.2) is 23.6 Å². The summed E-state index contributed by atoms with van der Waals surface area (Å²) in [6, 6.07) is 19.7. The normalized spacial score (nSPS) is 11.6. The van der Waals surface area contributed by atoms with Crippen molar-refractivity contribution >= 4 is 44.6 Å². The summed E-state index contributed by atoms with van der Waals surface area (Å²) in [5.41, 5.74) is -12.7. The molecule has 24 heteroatoms. The van der Waals surface area contributed by atoms with E-state index >= 15 is 35.1 Å². The van der Waals surface area contributed by atoms with Gasteiger partial charge in [-0.3, -0.25) is 4.79 Å². The third-order valence-corrected chi connectivity index (χ3v) is 10.2. The first-order valence-corrected chi connectivity index (χ1v) is 17.8. The first kappa shape index (κ1) is 48.5. The SMILES string of the molecule is Fc1c(F)c(F)c([B-](c2c(F)c(F)c(F)c(F)c2F)(c2c(F)c(F)c(F)c(F)c2F)c2c(F)c(F)c(F)c(F)c2F)c(F)c1F.O=C(CO)c1c2ccccc2cc[n+]1Cc1ccccc1. The van der Waals surface area contributed by atoms with Crippen molar-refractivity contribution < 1.29 is 102 Å². The van der Waals surface area contributed by atoms with E-state index in [2.05, 4.69) is 0 Å². The molecular weight excluding hydrogens is 941 g/mol. The molecule has 0 atom stereocenters. The van der Waals surface area contributed by atoms with Crippen molar-refractivity contribution in [1.29, 1.82) is 0 Å². The average Bonchev–Trinajstić information content (AvgIpc) is 3.31. The second kappa shape index (κ2) is 18.1. The summed E-state index contributed by atoms with van der Waals surface area (Å²) in [5, 5.41) is 11.1. The van der Waals surface area contributed by atoms with Gasteiger partial charge in [-0.2, -0.15) is 4.57 Å². The number of pyridine rings is 1. The Morgan fingerprint density at radius 3 is 1.00 bits per heavy atom. The summed E-state index contributed by atoms with van der Waals surface area (Å²) in [6.45, 7) is 0.121. The number of hydrogen-bond donors (Lipinski definition) is 1. The van der Waals surface area contributed by atoms with E-state index in [0.29, 0.717) is 12.2 Å². The van der Waals surface area contributed by atoms with Crippen molar-refractivity contribution in [2.75, 3.05) is 6.61 Å². The van der Waals surface area contributed by atoms with Crippen LogP contribution in [0.2, 0.25) is 0 Å². The van der Waals surface area contributed by atoms with Gasteiger partial charge in [-0.1, -0.05) is 48.5 Å². The van der Waals surface area contributed by atoms with Crippen LogP contribution in [0.4, 0.5) is 87.8 Å². The monoisotopic (exact) mass is 957 g/mol. The second-order valence-electron chi connectivity index (χ2n) is 13.7. The van der Waals surface area contributed by atoms with Crippen molar-refractivity contribution in [2.24, 2.45) is 0 Å². The maximum Gasteiger partial charge on any atom is 0.259 e. The highest BCUT2D eigenvalue weighted by atomic mass is 19.2. The molecule has 0 bridgehead atoms. The molecule has 1 N–H and O–H groups in total. The van der Waals surface area contributed by atoms with Gasteiger partial charge in [-0.05, 0) is 11.5 Å². The number of rotatable bonds is 8. The quantitative estimate of drug-likeness (QED) is 0.0417. The Labute approximate surface area is 354 Å². The van der Waals surface area contributed by atoms with Crippen LogP contribution in [0.25, 0.3) is 10.8 Å². The molecule has 66 heavy (non-hydrogen) atoms. The van der Waals surface area contributed by atoms with E-state index in [0.717, 1.165) is 16.3 Å². The number of fused-ring (bicyclic) bond motifs is 1. The van der Waals surface area contributed by atoms with Crippen molar-refractivity contribution in [3.05, 3.63) is 194 Å². The van der Waals surface area contributed by atoms with Crippen LogP contribution in [0.5, 0.6) is 0 Å². The lowest BCUT2D eigenvalue weighted by molar-refractivity contribution is -0.688. The first-order valence-electron chi connectivity index (χ1n) is 17.8. The minimum atomic E-state index is -7.22. The van der Waals surface area contributed by atoms with Gasteiger partial charge in [0, 0.05) is 11.6 Å². The van der Waals surface area contributed by atoms with Crippen molar-refractivity contribution in [2.45, 2.75) is 6.54 Å². The lowest BCUT2D eigenvalue weighted by Gasteiger charge is -2.44. The van der Waals surface area contributed by atoms with Gasteiger partial charge in [0.2, 0.25) is 0 Å². The second-order valence-corrected chi connectivity index (χ2v) is 13.7. The molecule has 0 spiro atoms. The fourth-order valence-electron chi connectivity index (χ4n) is 7.43. The molecule has 0 aliphatic carbocycles. The Kier molecular flexibility index (Phi) is 13.3. The minimum Gasteiger partial charge on any atom is -0.388 e. The van der Waals surface area contributed by atoms with E-state index in [1.807, 2.05) is 71.4 Å². The van der Waals surface area contributed by atoms with Gasteiger partial charge in [0.25, 0.3) is 11.5 Å². The maximum atomic E-state index is 15.4. The Morgan fingerprint density at radius 2 is 0.682 bits per heavy atom. The molecule has 0 fully saturated rings. The fourth-order valence-corrected chi connectivity index (χ4v) is 7.43. The number of aliphatic hydroxyl groups excluding tert-OH is 1. The Hall–Kier alpha value is -6.98. The van der Waals surface area contributed by atoms with Gasteiger partial charge in [0.05, 0.1) is 5.39 Å². The van der Waals surface area contributed by atoms with E-state index < -0.39 is 151 Å². The smallest absolute Gasteiger partial charge is 0.259 e. The number of aliphatic hydroxyl groups is 1. The Balaban J connectivity index is 0.000000284. The maximum absolute atomic E-state index is 15.4. The van der Waals surface area contributed by atoms with Gasteiger partial charge in [0.15, 0.2) is 82.5 Å². The molecule has 3 nitrogen and oxygen atoms in total. The molecule has 7 aromatic rings. The van der Waals surface area contributed by atoms with Crippen LogP contribution < -0.4 is 26.4 Å². The predicted molar refractivity (Wildman–Crippen MR) is 190 cm³/mol. The van der Waals surface area contributed by atoms with Crippen molar-refractivity contribution in [3.8, 4) is 0 Å². The average molecular weight is 957 g/mol. The Bertz CT molecular complexity index is 2750. The number of benzene rings is 6. The topological polar surface area (TPSA) is 41.2 Å². The van der Waals surface area contributed by atoms with Crippen LogP contribution in [0.1, 0.15) is 16.1 Å². The van der Waals surface area contributed by atoms with Gasteiger partial charge >= 0.3 is 0 Å². The summed E-state index contributed by atoms with van der Waals surface area (Å²) in [7, 11) is 0. The van der Waals surface area contributed by atoms with Crippen LogP contribution in [-0.2, 0) is 6.54 Å². The molecule has 6 aromatic carbocycles. The highest BCUT2D eigenvalue weighted by Gasteiger charge is 2.52. The number of hydrogen-bond acceptors (Lipinski definition) is 2. The molecule has 7 rings (SSSR count). The van der Waals surface area contributed by atoms with Gasteiger partial charge in [-0.15, -0.1) is 21.9 Å². The van der Waals surface area contributed by atoms with E-state index in [4.69, 9.17) is 0 Å². The molecule has 0 aliphatic rings. The largest absolute Gasteiger partial charge is 0.388 e. The van der Waals surface area contributed by atoms with Gasteiger partial charge in [0.1, 0.15) is 59.3 Å². The third kappa shape index (κ3) is 7.45. The third-order valence-electron chi connectivity index (χ3n) is 10.2. The summed E-state index contributed by atoms with van der Waals surface area (Å²) < 4.78 is 296. The summed E-state index contributed by atoms with van der Waals surface area (Å²) in [5.74, 6) is -71.7. The first-order chi connectivity index (χ1) is 31.0. The van der Waals surface area contributed by atoms with Crippen LogP contribution in [0.15, 0.2) is 66.9 Å². The van der Waals surface area contributed by atoms with Crippen molar-refractivity contribution in [3.63, 3.8) is 0 Å². The van der Waals surface area contributed by atoms with Crippen molar-refractivity contribution in [1.82, 2.24) is 0 Å². The summed E-state index contributed by atoms with van der Waals surface area (Å²) >= 11 is 0. The number of ketones is 1. The van der Waals surface area contributed by atoms with Gasteiger partial charge < -0.3 is 5.11 Å². The highest BCUT2D eigenvalue weighted by Crippen LogP contribution is 2.31. The molecule has 0 unspecified atom stereocenters. The van der Waals surface area contributed by atoms with Crippen LogP contribution in [0.3, 0.4) is 0 Å². The van der Waals surface area contributed by atoms with E-state index in [-0.39, 0.29) is 5.78 Å². The highest BCUT2D eigenvalue weighted by molar-refractivity contribution is 7.20. The van der Waals surface area contributed by atoms with E-state index in [1.165, 1.54) is 0 Å². The molecular formula is C42H16BF20NO2. The molecule has 1 aromatic heterocycles. The predicted octanol–water partition coefficient (Wildman–Crippen LogP) is 8.20. The number of Topliss-reactive ketones (excluding diaryl/α,β-unsaturated/α-hetero) is 1. The zero-order valence-electron chi connectivity index (χ0n) is 31.7. The number of halogens is 20. The number of aromatic nitrogens is 1. The van der Waals surface area contributed by atoms with Gasteiger partial charge in [-0.25, -0.2) is 87.8 Å². The number of nitrogens with zero attached hydrogens (tertiary/aromatic N) is 1. The number of carbonyl (C=O) groups excluding carboxylic acids is 1. The Morgan fingerprint density at radius 1 is 0.394 bits per heavy atom. The summed E-state index contributed by atoms with van der Waals surface area (Å²) in [6.07, 6.45) is -5.32. The van der Waals surface area contributed by atoms with E-state index in [9.17, 15) is 62.6 Å². The molecule has 0 radical (unpaired) electrons. The molecule has 344 valence electrons. The van der Waals surface area contributed by atoms with E-state index in [1.54, 1.807) is 0 Å². The molecule has 1 heterocycles. The zero-order valence-corrected chi connectivity index (χ0v) is 31.7. The zero-order chi connectivity index (χ0) is 49.0. The standard InChI is InChI=1S/C24BF20.C18H16NO2/c26-5-1(6(27)14(35)21(42)13(5)34)25(2-7(28)15(36)22(43)16(37)8(2)29,3-9(30)17(38)23(44)18(39)10(3)31)4-11(32)19(40)24(45)20(41)12(4)33;20-13-17(21)18-16-9-5-4-8-15(16)10-11-19(18)12-14-6-2-1-3-7-14/h;1-11,20H,12-13H2/q-1;+1. The number of carbonyl (C=O) groups is 1. The molecule has 0 saturated carbocycles. The van der Waals surface area contributed by atoms with Crippen LogP contribution >= 0.6 is 0 Å². The molecule has 0 amide bonds. The molecule has 0 aliphatic heterocycles.